The minimum Gasteiger partial charge on any atom is -0.756 e. The second-order valence-electron chi connectivity index (χ2n) is 3.43. The van der Waals surface area contributed by atoms with Gasteiger partial charge in [-0.25, -0.2) is 0 Å². The summed E-state index contributed by atoms with van der Waals surface area (Å²) in [5.74, 6) is 0. The number of hydrogen-bond acceptors (Lipinski definition) is 10. The van der Waals surface area contributed by atoms with Crippen LogP contribution in [0.4, 0.5) is 0 Å². The van der Waals surface area contributed by atoms with Gasteiger partial charge in [-0.15, -0.1) is 0 Å². The van der Waals surface area contributed by atoms with Crippen LogP contribution >= 0.6 is 15.6 Å². The summed E-state index contributed by atoms with van der Waals surface area (Å²) in [6.45, 7) is 0.254. The van der Waals surface area contributed by atoms with E-state index in [4.69, 9.17) is 11.5 Å². The predicted octanol–water partition coefficient (Wildman–Crippen LogP) is -2.03. The van der Waals surface area contributed by atoms with Crippen molar-refractivity contribution in [2.24, 2.45) is 11.5 Å². The third-order valence-electron chi connectivity index (χ3n) is 1.83. The Hall–Kier alpha value is 0.906. The Balaban J connectivity index is 0.000000324. The minimum atomic E-state index is -4.02. The maximum absolute atomic E-state index is 10.4. The molecular weight excluding hydrogens is 314 g/mol. The largest absolute Gasteiger partial charge is 2.00 e. The van der Waals surface area contributed by atoms with E-state index in [0.717, 1.165) is 0 Å². The van der Waals surface area contributed by atoms with E-state index in [1.54, 1.807) is 0 Å². The molecule has 0 aliphatic carbocycles. The second kappa shape index (κ2) is 8.37. The van der Waals surface area contributed by atoms with Crippen molar-refractivity contribution >= 4 is 38.7 Å². The van der Waals surface area contributed by atoms with Gasteiger partial charge in [0.15, 0.2) is 0 Å². The molecule has 2 fully saturated rings. The smallest absolute Gasteiger partial charge is 0.756 e. The van der Waals surface area contributed by atoms with Crippen molar-refractivity contribution in [1.82, 2.24) is 0 Å². The van der Waals surface area contributed by atoms with E-state index >= 15 is 0 Å². The molecule has 2 rings (SSSR count). The van der Waals surface area contributed by atoms with Crippen LogP contribution < -0.4 is 21.3 Å². The van der Waals surface area contributed by atoms with E-state index in [2.05, 4.69) is 18.1 Å². The Bertz CT molecular complexity index is 337. The van der Waals surface area contributed by atoms with E-state index < -0.39 is 28.1 Å². The number of phosphoric acid groups is 2. The monoisotopic (exact) mass is 328 g/mol. The fourth-order valence-corrected chi connectivity index (χ4v) is 2.71. The number of rotatable bonds is 0. The van der Waals surface area contributed by atoms with Crippen molar-refractivity contribution < 1.29 is 37.0 Å². The van der Waals surface area contributed by atoms with Crippen molar-refractivity contribution in [3.05, 3.63) is 0 Å². The van der Waals surface area contributed by atoms with Gasteiger partial charge in [0.25, 0.3) is 15.6 Å². The van der Waals surface area contributed by atoms with Gasteiger partial charge in [0.05, 0.1) is 13.2 Å². The van der Waals surface area contributed by atoms with Crippen LogP contribution in [0.2, 0.25) is 0 Å². The summed E-state index contributed by atoms with van der Waals surface area (Å²) >= 11 is 0. The van der Waals surface area contributed by atoms with E-state index in [1.807, 2.05) is 0 Å². The molecule has 2 saturated heterocycles. The Morgan fingerprint density at radius 3 is 1.37 bits per heavy atom. The normalized spacial score (nSPS) is 42.5. The van der Waals surface area contributed by atoms with Crippen LogP contribution in [0.25, 0.3) is 0 Å². The van der Waals surface area contributed by atoms with Crippen LogP contribution in [0.5, 0.6) is 0 Å². The SMILES string of the molecule is NC1CCOP(=O)([O-])O1.NC1CCOP(=O)([O-])O1.[Mg+2]. The first-order valence-corrected chi connectivity index (χ1v) is 7.91. The first-order chi connectivity index (χ1) is 8.20. The fourth-order valence-electron chi connectivity index (χ4n) is 1.06. The molecule has 2 aliphatic rings. The molecule has 0 spiro atoms. The Morgan fingerprint density at radius 1 is 0.895 bits per heavy atom. The van der Waals surface area contributed by atoms with E-state index in [1.165, 1.54) is 0 Å². The van der Waals surface area contributed by atoms with Gasteiger partial charge in [0.1, 0.15) is 12.5 Å². The minimum absolute atomic E-state index is 0. The molecule has 4 atom stereocenters. The standard InChI is InChI=1S/2C3H8NO4P.Mg/c2*4-3-1-2-7-9(5,6)8-3;/h2*3H,1-2,4H2,(H,5,6);/q;;+2/p-2. The Labute approximate surface area is 126 Å². The summed E-state index contributed by atoms with van der Waals surface area (Å²) in [6.07, 6.45) is -0.595. The molecule has 0 aromatic heterocycles. The number of hydrogen-bond donors (Lipinski definition) is 2. The van der Waals surface area contributed by atoms with Gasteiger partial charge < -0.3 is 30.3 Å². The molecule has 13 heteroatoms. The molecular formula is C6H14MgN2O8P2. The zero-order chi connectivity index (χ0) is 13.8. The molecule has 0 bridgehead atoms. The van der Waals surface area contributed by atoms with E-state index in [0.29, 0.717) is 12.8 Å². The van der Waals surface area contributed by atoms with Crippen molar-refractivity contribution in [2.75, 3.05) is 13.2 Å². The quantitative estimate of drug-likeness (QED) is 0.373. The maximum Gasteiger partial charge on any atom is 2.00 e. The molecule has 4 unspecified atom stereocenters. The third kappa shape index (κ3) is 8.71. The van der Waals surface area contributed by atoms with Gasteiger partial charge in [0.2, 0.25) is 0 Å². The summed E-state index contributed by atoms with van der Waals surface area (Å²) in [4.78, 5) is 20.7. The van der Waals surface area contributed by atoms with Crippen LogP contribution in [-0.2, 0) is 27.2 Å². The zero-order valence-electron chi connectivity index (χ0n) is 10.0. The summed E-state index contributed by atoms with van der Waals surface area (Å²) in [5.41, 5.74) is 10.3. The van der Waals surface area contributed by atoms with Crippen molar-refractivity contribution in [3.63, 3.8) is 0 Å². The average molecular weight is 328 g/mol. The summed E-state index contributed by atoms with van der Waals surface area (Å²) < 4.78 is 37.7. The van der Waals surface area contributed by atoms with Crippen LogP contribution in [0.15, 0.2) is 0 Å². The first kappa shape index (κ1) is 19.9. The van der Waals surface area contributed by atoms with Crippen LogP contribution in [0, 0.1) is 0 Å². The molecule has 19 heavy (non-hydrogen) atoms. The number of nitrogens with two attached hydrogens (primary N) is 2. The zero-order valence-corrected chi connectivity index (χ0v) is 13.2. The molecule has 0 aromatic rings. The van der Waals surface area contributed by atoms with Gasteiger partial charge in [-0.05, 0) is 0 Å². The molecule has 10 nitrogen and oxygen atoms in total. The Kier molecular flexibility index (Phi) is 8.77. The molecule has 2 aliphatic heterocycles. The third-order valence-corrected chi connectivity index (χ3v) is 3.89. The average Bonchev–Trinajstić information content (AvgIpc) is 2.13. The second-order valence-corrected chi connectivity index (χ2v) is 6.15. The summed E-state index contributed by atoms with van der Waals surface area (Å²) in [5, 5.41) is 0. The van der Waals surface area contributed by atoms with Crippen LogP contribution in [-0.4, -0.2) is 48.7 Å². The summed E-state index contributed by atoms with van der Waals surface area (Å²) in [6, 6.07) is 0. The topological polar surface area (TPSA) is 169 Å². The van der Waals surface area contributed by atoms with Gasteiger partial charge in [-0.2, -0.15) is 0 Å². The van der Waals surface area contributed by atoms with Crippen molar-refractivity contribution in [1.29, 1.82) is 0 Å². The molecule has 108 valence electrons. The molecule has 0 radical (unpaired) electrons. The van der Waals surface area contributed by atoms with Crippen LogP contribution in [0.1, 0.15) is 12.8 Å². The van der Waals surface area contributed by atoms with E-state index in [-0.39, 0.29) is 36.3 Å². The van der Waals surface area contributed by atoms with Gasteiger partial charge >= 0.3 is 23.1 Å². The first-order valence-electron chi connectivity index (χ1n) is 4.99. The Morgan fingerprint density at radius 2 is 1.21 bits per heavy atom. The van der Waals surface area contributed by atoms with Gasteiger partial charge in [-0.3, -0.25) is 18.2 Å². The molecule has 4 N–H and O–H groups in total. The van der Waals surface area contributed by atoms with Gasteiger partial charge in [-0.1, -0.05) is 0 Å². The molecule has 0 aromatic carbocycles. The molecule has 0 saturated carbocycles. The fraction of sp³-hybridized carbons (Fsp3) is 1.00. The summed E-state index contributed by atoms with van der Waals surface area (Å²) in [7, 11) is -8.04. The van der Waals surface area contributed by atoms with E-state index in [9.17, 15) is 18.9 Å². The van der Waals surface area contributed by atoms with Crippen molar-refractivity contribution in [3.8, 4) is 0 Å². The molecule has 0 amide bonds. The van der Waals surface area contributed by atoms with Gasteiger partial charge in [0, 0.05) is 12.8 Å². The van der Waals surface area contributed by atoms with Crippen LogP contribution in [0.3, 0.4) is 0 Å². The predicted molar refractivity (Wildman–Crippen MR) is 60.2 cm³/mol. The van der Waals surface area contributed by atoms with Crippen molar-refractivity contribution in [2.45, 2.75) is 25.3 Å². The molecule has 2 heterocycles. The maximum atomic E-state index is 10.4. The number of phosphoric ester groups is 2.